The molecule has 1 fully saturated rings. The quantitative estimate of drug-likeness (QED) is 0.336. The molecule has 0 unspecified atom stereocenters. The summed E-state index contributed by atoms with van der Waals surface area (Å²) in [6.45, 7) is 4.57. The number of nitrogens with zero attached hydrogens (tertiary/aromatic N) is 3. The third-order valence-electron chi connectivity index (χ3n) is 4.47. The molecule has 0 amide bonds. The Kier molecular flexibility index (Phi) is 9.42. The summed E-state index contributed by atoms with van der Waals surface area (Å²) in [7, 11) is 1.63. The number of thioether (sulfide) groups is 2. The van der Waals surface area contributed by atoms with Gasteiger partial charge in [-0.15, -0.1) is 0 Å². The van der Waals surface area contributed by atoms with Gasteiger partial charge in [0.1, 0.15) is 19.0 Å². The number of β-amino-alcohol motifs (C(OH)–C–C–N with tert-alkyl or cyclic N) is 1. The third-order valence-corrected chi connectivity index (χ3v) is 6.29. The molecule has 3 N–H and O–H groups in total. The van der Waals surface area contributed by atoms with Gasteiger partial charge in [0.15, 0.2) is 16.7 Å². The number of ether oxygens (including phenoxy) is 2. The van der Waals surface area contributed by atoms with Crippen molar-refractivity contribution in [3.8, 4) is 11.5 Å². The fraction of sp³-hybridized carbons (Fsp3) is 0.579. The van der Waals surface area contributed by atoms with Crippen molar-refractivity contribution in [1.29, 1.82) is 0 Å². The molecule has 1 aliphatic heterocycles. The molecule has 1 atom stereocenters. The fourth-order valence-electron chi connectivity index (χ4n) is 2.98. The molecule has 29 heavy (non-hydrogen) atoms. The molecule has 0 aliphatic carbocycles. The van der Waals surface area contributed by atoms with Gasteiger partial charge in [0.25, 0.3) is 0 Å². The summed E-state index contributed by atoms with van der Waals surface area (Å²) in [6, 6.07) is 5.90. The van der Waals surface area contributed by atoms with Gasteiger partial charge in [0.2, 0.25) is 0 Å². The number of benzene rings is 1. The van der Waals surface area contributed by atoms with Crippen LogP contribution in [0, 0.1) is 0 Å². The lowest BCUT2D eigenvalue weighted by atomic mass is 10.2. The molecule has 2 heterocycles. The van der Waals surface area contributed by atoms with E-state index < -0.39 is 6.10 Å². The third kappa shape index (κ3) is 7.71. The van der Waals surface area contributed by atoms with Crippen LogP contribution in [0.4, 0.5) is 0 Å². The van der Waals surface area contributed by atoms with Crippen molar-refractivity contribution in [2.45, 2.75) is 17.8 Å². The van der Waals surface area contributed by atoms with Gasteiger partial charge in [0, 0.05) is 50.0 Å². The summed E-state index contributed by atoms with van der Waals surface area (Å²) in [6.07, 6.45) is 1.00. The highest BCUT2D eigenvalue weighted by atomic mass is 32.2. The first kappa shape index (κ1) is 22.2. The first-order valence-corrected chi connectivity index (χ1v) is 11.9. The lowest BCUT2D eigenvalue weighted by Gasteiger charge is -2.28. The molecule has 2 aromatic rings. The van der Waals surface area contributed by atoms with Gasteiger partial charge in [-0.25, -0.2) is 4.98 Å². The summed E-state index contributed by atoms with van der Waals surface area (Å²) < 4.78 is 11.3. The first-order valence-electron chi connectivity index (χ1n) is 9.71. The van der Waals surface area contributed by atoms with Crippen LogP contribution >= 0.6 is 23.5 Å². The molecule has 3 rings (SSSR count). The Morgan fingerprint density at radius 1 is 1.34 bits per heavy atom. The van der Waals surface area contributed by atoms with Crippen molar-refractivity contribution in [1.82, 2.24) is 25.4 Å². The Hall–Kier alpha value is -1.46. The summed E-state index contributed by atoms with van der Waals surface area (Å²) in [5.74, 6) is 4.51. The molecule has 1 aromatic heterocycles. The number of nitrogens with one attached hydrogen (secondary N) is 2. The van der Waals surface area contributed by atoms with Crippen LogP contribution in [0.25, 0.3) is 0 Å². The molecule has 8 nitrogen and oxygen atoms in total. The van der Waals surface area contributed by atoms with Crippen LogP contribution in [0.3, 0.4) is 0 Å². The van der Waals surface area contributed by atoms with Gasteiger partial charge in [-0.05, 0) is 17.7 Å². The Morgan fingerprint density at radius 3 is 2.97 bits per heavy atom. The molecule has 0 spiro atoms. The highest BCUT2D eigenvalue weighted by Gasteiger charge is 2.16. The van der Waals surface area contributed by atoms with Crippen LogP contribution < -0.4 is 14.8 Å². The number of hydrogen-bond acceptors (Lipinski definition) is 9. The van der Waals surface area contributed by atoms with E-state index in [1.54, 1.807) is 18.9 Å². The van der Waals surface area contributed by atoms with Crippen LogP contribution in [0.15, 0.2) is 29.7 Å². The maximum Gasteiger partial charge on any atom is 0.183 e. The molecule has 0 radical (unpaired) electrons. The second-order valence-corrected chi connectivity index (χ2v) is 8.99. The van der Waals surface area contributed by atoms with E-state index in [2.05, 4.69) is 25.4 Å². The van der Waals surface area contributed by atoms with Crippen LogP contribution in [0.2, 0.25) is 0 Å². The zero-order chi connectivity index (χ0) is 20.3. The standard InChI is InChI=1S/C19H29N5O3S2/c1-26-18-10-15(11-20-4-7-29-19-21-14-22-23-19)2-3-17(18)27-13-16(25)12-24-5-8-28-9-6-24/h2-3,10,14,16,20,25H,4-9,11-13H2,1H3,(H,21,22,23)/t16-/m1/s1. The average molecular weight is 440 g/mol. The number of methoxy groups -OCH3 is 1. The van der Waals surface area contributed by atoms with Gasteiger partial charge in [0.05, 0.1) is 7.11 Å². The molecule has 0 bridgehead atoms. The van der Waals surface area contributed by atoms with E-state index in [-0.39, 0.29) is 6.61 Å². The Balaban J connectivity index is 1.39. The van der Waals surface area contributed by atoms with Gasteiger partial charge in [-0.1, -0.05) is 17.8 Å². The highest BCUT2D eigenvalue weighted by Crippen LogP contribution is 2.28. The van der Waals surface area contributed by atoms with E-state index in [1.807, 2.05) is 30.0 Å². The van der Waals surface area contributed by atoms with E-state index >= 15 is 0 Å². The van der Waals surface area contributed by atoms with Gasteiger partial charge >= 0.3 is 0 Å². The number of aliphatic hydroxyl groups excluding tert-OH is 1. The molecule has 1 aliphatic rings. The van der Waals surface area contributed by atoms with Gasteiger partial charge in [-0.2, -0.15) is 16.9 Å². The minimum Gasteiger partial charge on any atom is -0.493 e. The van der Waals surface area contributed by atoms with Crippen molar-refractivity contribution in [2.24, 2.45) is 0 Å². The van der Waals surface area contributed by atoms with E-state index in [0.717, 1.165) is 54.2 Å². The van der Waals surface area contributed by atoms with Crippen molar-refractivity contribution >= 4 is 23.5 Å². The molecular weight excluding hydrogens is 410 g/mol. The lowest BCUT2D eigenvalue weighted by Crippen LogP contribution is -2.40. The van der Waals surface area contributed by atoms with E-state index in [9.17, 15) is 5.11 Å². The van der Waals surface area contributed by atoms with Gasteiger partial charge in [-0.3, -0.25) is 10.00 Å². The second kappa shape index (κ2) is 12.3. The zero-order valence-corrected chi connectivity index (χ0v) is 18.3. The van der Waals surface area contributed by atoms with Crippen molar-refractivity contribution in [3.63, 3.8) is 0 Å². The molecule has 1 aromatic carbocycles. The minimum atomic E-state index is -0.508. The summed E-state index contributed by atoms with van der Waals surface area (Å²) in [5.41, 5.74) is 1.12. The minimum absolute atomic E-state index is 0.260. The highest BCUT2D eigenvalue weighted by molar-refractivity contribution is 7.99. The lowest BCUT2D eigenvalue weighted by molar-refractivity contribution is 0.0705. The molecular formula is C19H29N5O3S2. The molecule has 1 saturated heterocycles. The van der Waals surface area contributed by atoms with Crippen LogP contribution in [-0.4, -0.2) is 88.4 Å². The van der Waals surface area contributed by atoms with Crippen molar-refractivity contribution < 1.29 is 14.6 Å². The summed E-state index contributed by atoms with van der Waals surface area (Å²) >= 11 is 3.59. The Bertz CT molecular complexity index is 714. The zero-order valence-electron chi connectivity index (χ0n) is 16.7. The summed E-state index contributed by atoms with van der Waals surface area (Å²) in [4.78, 5) is 6.37. The summed E-state index contributed by atoms with van der Waals surface area (Å²) in [5, 5.41) is 21.2. The number of aromatic amines is 1. The first-order chi connectivity index (χ1) is 14.2. The molecule has 0 saturated carbocycles. The Labute approximate surface area is 180 Å². The van der Waals surface area contributed by atoms with Crippen LogP contribution in [-0.2, 0) is 6.54 Å². The fourth-order valence-corrected chi connectivity index (χ4v) is 4.64. The van der Waals surface area contributed by atoms with Crippen LogP contribution in [0.1, 0.15) is 5.56 Å². The Morgan fingerprint density at radius 2 is 2.21 bits per heavy atom. The SMILES string of the molecule is COc1cc(CNCCSc2ncn[nH]2)ccc1OC[C@H](O)CN1CCSCC1. The van der Waals surface area contributed by atoms with E-state index in [1.165, 1.54) is 6.33 Å². The van der Waals surface area contributed by atoms with Crippen molar-refractivity contribution in [3.05, 3.63) is 30.1 Å². The molecule has 160 valence electrons. The van der Waals surface area contributed by atoms with Gasteiger partial charge < -0.3 is 19.9 Å². The van der Waals surface area contributed by atoms with Crippen molar-refractivity contribution in [2.75, 3.05) is 57.2 Å². The normalized spacial score (nSPS) is 15.9. The second-order valence-electron chi connectivity index (χ2n) is 6.68. The predicted octanol–water partition coefficient (Wildman–Crippen LogP) is 1.48. The molecule has 10 heteroatoms. The number of H-pyrrole nitrogens is 1. The monoisotopic (exact) mass is 439 g/mol. The van der Waals surface area contributed by atoms with E-state index in [4.69, 9.17) is 9.47 Å². The number of hydrogen-bond donors (Lipinski definition) is 3. The smallest absolute Gasteiger partial charge is 0.183 e. The van der Waals surface area contributed by atoms with E-state index in [0.29, 0.717) is 18.0 Å². The number of aliphatic hydroxyl groups is 1. The predicted molar refractivity (Wildman–Crippen MR) is 117 cm³/mol. The van der Waals surface area contributed by atoms with Crippen LogP contribution in [0.5, 0.6) is 11.5 Å². The largest absolute Gasteiger partial charge is 0.493 e. The number of aromatic nitrogens is 3. The maximum absolute atomic E-state index is 10.3. The maximum atomic E-state index is 10.3. The topological polar surface area (TPSA) is 95.5 Å². The number of rotatable bonds is 12. The average Bonchev–Trinajstić information content (AvgIpc) is 3.26.